The quantitative estimate of drug-likeness (QED) is 0.296. The van der Waals surface area contributed by atoms with Crippen LogP contribution in [0.1, 0.15) is 31.2 Å². The van der Waals surface area contributed by atoms with Gasteiger partial charge in [0.2, 0.25) is 0 Å². The Morgan fingerprint density at radius 1 is 0.929 bits per heavy atom. The maximum atomic E-state index is 13.6. The number of piperidine rings is 1. The number of sulfone groups is 2. The van der Waals surface area contributed by atoms with Gasteiger partial charge in [0.05, 0.1) is 21.7 Å². The van der Waals surface area contributed by atoms with Crippen LogP contribution in [-0.2, 0) is 26.2 Å². The van der Waals surface area contributed by atoms with Gasteiger partial charge in [-0.1, -0.05) is 31.2 Å². The summed E-state index contributed by atoms with van der Waals surface area (Å²) in [6, 6.07) is 18.2. The maximum absolute atomic E-state index is 13.6. The van der Waals surface area contributed by atoms with Gasteiger partial charge in [-0.15, -0.1) is 0 Å². The molecule has 0 atom stereocenters. The van der Waals surface area contributed by atoms with Crippen molar-refractivity contribution in [2.24, 2.45) is 0 Å². The van der Waals surface area contributed by atoms with Gasteiger partial charge in [-0.3, -0.25) is 4.79 Å². The summed E-state index contributed by atoms with van der Waals surface area (Å²) < 4.78 is 48.8. The standard InChI is InChI=1S/C31H36N4O5S2/c1-4-34-16-13-23(14-17-34)22-5-9-26(10-6-22)32-30-29-25(15-18-35(31(29)36)19-20-41(2,37)38)21-28(33-30)24-7-11-27(12-8-24)42(3,39)40/h5-12,15,18,21,23H,4,13-14,16-17,19-20H2,1-3H3,(H,32,33). The SMILES string of the molecule is CCN1CCC(c2ccc(Nc3nc(-c4ccc(S(C)(=O)=O)cc4)cc4ccn(CCS(C)(=O)=O)c(=O)c34)cc2)CC1. The van der Waals surface area contributed by atoms with Crippen molar-refractivity contribution in [2.75, 3.05) is 43.2 Å². The zero-order valence-electron chi connectivity index (χ0n) is 24.1. The molecule has 222 valence electrons. The Bertz CT molecular complexity index is 1860. The number of hydrogen-bond donors (Lipinski definition) is 1. The van der Waals surface area contributed by atoms with Gasteiger partial charge in [0, 0.05) is 36.5 Å². The molecular weight excluding hydrogens is 572 g/mol. The third-order valence-electron chi connectivity index (χ3n) is 7.92. The third kappa shape index (κ3) is 6.91. The van der Waals surface area contributed by atoms with E-state index in [0.29, 0.717) is 33.8 Å². The Kier molecular flexibility index (Phi) is 8.54. The molecule has 1 saturated heterocycles. The molecule has 1 fully saturated rings. The maximum Gasteiger partial charge on any atom is 0.262 e. The van der Waals surface area contributed by atoms with Crippen LogP contribution in [0.5, 0.6) is 0 Å². The number of likely N-dealkylation sites (tertiary alicyclic amines) is 1. The fourth-order valence-electron chi connectivity index (χ4n) is 5.41. The lowest BCUT2D eigenvalue weighted by Gasteiger charge is -2.31. The number of hydrogen-bond acceptors (Lipinski definition) is 8. The van der Waals surface area contributed by atoms with Crippen LogP contribution in [0.25, 0.3) is 22.0 Å². The van der Waals surface area contributed by atoms with Crippen LogP contribution in [0.4, 0.5) is 11.5 Å². The molecule has 4 aromatic rings. The van der Waals surface area contributed by atoms with E-state index in [1.807, 2.05) is 12.1 Å². The van der Waals surface area contributed by atoms with Crippen molar-refractivity contribution in [3.8, 4) is 11.3 Å². The minimum Gasteiger partial charge on any atom is -0.340 e. The lowest BCUT2D eigenvalue weighted by atomic mass is 9.89. The number of anilines is 2. The Hall–Kier alpha value is -3.54. The van der Waals surface area contributed by atoms with Crippen LogP contribution >= 0.6 is 0 Å². The summed E-state index contributed by atoms with van der Waals surface area (Å²) in [7, 11) is -6.61. The Labute approximate surface area is 247 Å². The van der Waals surface area contributed by atoms with Gasteiger partial charge in [0.25, 0.3) is 5.56 Å². The number of fused-ring (bicyclic) bond motifs is 1. The number of nitrogens with one attached hydrogen (secondary N) is 1. The first-order valence-electron chi connectivity index (χ1n) is 14.0. The topological polar surface area (TPSA) is 118 Å². The molecule has 2 aromatic heterocycles. The highest BCUT2D eigenvalue weighted by Crippen LogP contribution is 2.31. The van der Waals surface area contributed by atoms with E-state index in [4.69, 9.17) is 4.98 Å². The lowest BCUT2D eigenvalue weighted by molar-refractivity contribution is 0.222. The van der Waals surface area contributed by atoms with E-state index in [9.17, 15) is 21.6 Å². The molecule has 42 heavy (non-hydrogen) atoms. The van der Waals surface area contributed by atoms with Crippen LogP contribution in [0.2, 0.25) is 0 Å². The van der Waals surface area contributed by atoms with Gasteiger partial charge in [-0.25, -0.2) is 21.8 Å². The first-order chi connectivity index (χ1) is 19.9. The molecule has 3 heterocycles. The second kappa shape index (κ2) is 12.0. The highest BCUT2D eigenvalue weighted by molar-refractivity contribution is 7.91. The van der Waals surface area contributed by atoms with E-state index < -0.39 is 19.7 Å². The summed E-state index contributed by atoms with van der Waals surface area (Å²) in [5, 5.41) is 4.31. The first-order valence-corrected chi connectivity index (χ1v) is 18.0. The predicted octanol–water partition coefficient (Wildman–Crippen LogP) is 4.45. The van der Waals surface area contributed by atoms with Gasteiger partial charge in [-0.2, -0.15) is 0 Å². The highest BCUT2D eigenvalue weighted by Gasteiger charge is 2.20. The van der Waals surface area contributed by atoms with Crippen LogP contribution < -0.4 is 10.9 Å². The number of aryl methyl sites for hydroxylation is 1. The molecule has 5 rings (SSSR count). The van der Waals surface area contributed by atoms with E-state index in [0.717, 1.165) is 50.7 Å². The molecule has 0 amide bonds. The summed E-state index contributed by atoms with van der Waals surface area (Å²) in [5.41, 5.74) is 2.98. The van der Waals surface area contributed by atoms with Crippen LogP contribution in [-0.4, -0.2) is 69.2 Å². The van der Waals surface area contributed by atoms with Gasteiger partial charge >= 0.3 is 0 Å². The third-order valence-corrected chi connectivity index (χ3v) is 9.97. The first kappa shape index (κ1) is 29.9. The molecule has 0 bridgehead atoms. The molecule has 9 nitrogen and oxygen atoms in total. The van der Waals surface area contributed by atoms with Crippen molar-refractivity contribution in [1.82, 2.24) is 14.5 Å². The molecule has 1 aliphatic heterocycles. The number of nitrogens with zero attached hydrogens (tertiary/aromatic N) is 3. The minimum atomic E-state index is -3.35. The van der Waals surface area contributed by atoms with E-state index in [1.165, 1.54) is 22.3 Å². The molecular formula is C31H36N4O5S2. The lowest BCUT2D eigenvalue weighted by Crippen LogP contribution is -2.32. The average Bonchev–Trinajstić information content (AvgIpc) is 2.96. The summed E-state index contributed by atoms with van der Waals surface area (Å²) >= 11 is 0. The molecule has 0 saturated carbocycles. The molecule has 0 radical (unpaired) electrons. The molecule has 0 unspecified atom stereocenters. The van der Waals surface area contributed by atoms with Crippen molar-refractivity contribution >= 4 is 42.0 Å². The molecule has 0 spiro atoms. The van der Waals surface area contributed by atoms with Crippen molar-refractivity contribution in [1.29, 1.82) is 0 Å². The summed E-state index contributed by atoms with van der Waals surface area (Å²) in [5.74, 6) is 0.705. The van der Waals surface area contributed by atoms with Gasteiger partial charge in [-0.05, 0) is 85.7 Å². The highest BCUT2D eigenvalue weighted by atomic mass is 32.2. The Balaban J connectivity index is 1.52. The summed E-state index contributed by atoms with van der Waals surface area (Å²) in [6.45, 7) is 5.50. The monoisotopic (exact) mass is 608 g/mol. The fraction of sp³-hybridized carbons (Fsp3) is 0.355. The predicted molar refractivity (Wildman–Crippen MR) is 168 cm³/mol. The zero-order valence-corrected chi connectivity index (χ0v) is 25.7. The minimum absolute atomic E-state index is 0.0350. The second-order valence-corrected chi connectivity index (χ2v) is 15.3. The Morgan fingerprint density at radius 2 is 1.60 bits per heavy atom. The van der Waals surface area contributed by atoms with Crippen LogP contribution in [0, 0.1) is 0 Å². The largest absolute Gasteiger partial charge is 0.340 e. The zero-order chi connectivity index (χ0) is 30.1. The molecule has 1 N–H and O–H groups in total. The average molecular weight is 609 g/mol. The van der Waals surface area contributed by atoms with E-state index in [-0.39, 0.29) is 22.8 Å². The number of pyridine rings is 2. The molecule has 0 aliphatic carbocycles. The second-order valence-electron chi connectivity index (χ2n) is 11.0. The van der Waals surface area contributed by atoms with Gasteiger partial charge < -0.3 is 14.8 Å². The van der Waals surface area contributed by atoms with E-state index >= 15 is 0 Å². The molecule has 11 heteroatoms. The summed E-state index contributed by atoms with van der Waals surface area (Å²) in [4.78, 5) is 21.1. The van der Waals surface area contributed by atoms with Crippen molar-refractivity contribution < 1.29 is 16.8 Å². The van der Waals surface area contributed by atoms with Gasteiger partial charge in [0.1, 0.15) is 15.7 Å². The Morgan fingerprint density at radius 3 is 2.19 bits per heavy atom. The molecule has 2 aromatic carbocycles. The smallest absolute Gasteiger partial charge is 0.262 e. The number of rotatable bonds is 9. The normalized spacial score (nSPS) is 15.2. The van der Waals surface area contributed by atoms with Crippen LogP contribution in [0.3, 0.4) is 0 Å². The summed E-state index contributed by atoms with van der Waals surface area (Å²) in [6.07, 6.45) is 6.15. The van der Waals surface area contributed by atoms with Gasteiger partial charge in [0.15, 0.2) is 9.84 Å². The van der Waals surface area contributed by atoms with Crippen molar-refractivity contribution in [3.05, 3.63) is 82.8 Å². The van der Waals surface area contributed by atoms with Crippen LogP contribution in [0.15, 0.2) is 76.6 Å². The number of aromatic nitrogens is 2. The molecule has 1 aliphatic rings. The fourth-order valence-corrected chi connectivity index (χ4v) is 6.57. The van der Waals surface area contributed by atoms with Crippen molar-refractivity contribution in [2.45, 2.75) is 37.1 Å². The number of benzene rings is 2. The van der Waals surface area contributed by atoms with Crippen molar-refractivity contribution in [3.63, 3.8) is 0 Å². The van der Waals surface area contributed by atoms with E-state index in [1.54, 1.807) is 30.5 Å². The van der Waals surface area contributed by atoms with E-state index in [2.05, 4.69) is 29.3 Å².